The third-order valence-electron chi connectivity index (χ3n) is 6.00. The Balaban J connectivity index is 1.56. The van der Waals surface area contributed by atoms with E-state index in [2.05, 4.69) is 5.32 Å². The van der Waals surface area contributed by atoms with Gasteiger partial charge in [-0.25, -0.2) is 8.42 Å². The number of carbonyl (C=O) groups excluding carboxylic acids is 2. The Labute approximate surface area is 194 Å². The van der Waals surface area contributed by atoms with Crippen molar-refractivity contribution in [1.29, 1.82) is 0 Å². The van der Waals surface area contributed by atoms with E-state index < -0.39 is 22.0 Å². The van der Waals surface area contributed by atoms with Crippen LogP contribution in [0.5, 0.6) is 5.75 Å². The molecule has 8 nitrogen and oxygen atoms in total. The summed E-state index contributed by atoms with van der Waals surface area (Å²) >= 11 is 0. The average Bonchev–Trinajstić information content (AvgIpc) is 2.99. The van der Waals surface area contributed by atoms with E-state index in [1.807, 2.05) is 17.9 Å². The summed E-state index contributed by atoms with van der Waals surface area (Å²) in [7, 11) is -3.55. The lowest BCUT2D eigenvalue weighted by molar-refractivity contribution is -0.122. The Hall–Kier alpha value is -3.07. The van der Waals surface area contributed by atoms with Crippen LogP contribution in [0.3, 0.4) is 0 Å². The first-order chi connectivity index (χ1) is 15.7. The fraction of sp³-hybridized carbons (Fsp3) is 0.417. The lowest BCUT2D eigenvalue weighted by atomic mass is 10.1. The highest BCUT2D eigenvalue weighted by atomic mass is 32.2. The number of nitrogens with one attached hydrogen (secondary N) is 1. The van der Waals surface area contributed by atoms with Crippen LogP contribution in [0, 0.1) is 6.92 Å². The molecule has 1 N–H and O–H groups in total. The predicted octanol–water partition coefficient (Wildman–Crippen LogP) is 3.18. The SMILES string of the molecule is Cc1ccc2c(c1)N(S(C)(=O)=O)CCC(C(=O)Nc1ccccc1C(=O)N1CCCCC1)O2. The molecule has 1 atom stereocenters. The van der Waals surface area contributed by atoms with Gasteiger partial charge in [0.1, 0.15) is 5.75 Å². The summed E-state index contributed by atoms with van der Waals surface area (Å²) in [5.41, 5.74) is 2.18. The highest BCUT2D eigenvalue weighted by Gasteiger charge is 2.32. The van der Waals surface area contributed by atoms with Gasteiger partial charge in [-0.3, -0.25) is 13.9 Å². The van der Waals surface area contributed by atoms with E-state index in [9.17, 15) is 18.0 Å². The highest BCUT2D eigenvalue weighted by molar-refractivity contribution is 7.92. The number of anilines is 2. The number of carbonyl (C=O) groups is 2. The predicted molar refractivity (Wildman–Crippen MR) is 127 cm³/mol. The zero-order valence-electron chi connectivity index (χ0n) is 18.9. The van der Waals surface area contributed by atoms with Gasteiger partial charge in [-0.15, -0.1) is 0 Å². The van der Waals surface area contributed by atoms with Crippen LogP contribution in [-0.2, 0) is 14.8 Å². The standard InChI is InChI=1S/C24H29N3O5S/c1-17-10-11-21-20(16-17)27(33(2,30)31)15-12-22(32-21)23(28)25-19-9-5-4-8-18(19)24(29)26-13-6-3-7-14-26/h4-5,8-11,16,22H,3,6-7,12-15H2,1-2H3,(H,25,28). The molecule has 4 rings (SSSR count). The molecule has 0 radical (unpaired) electrons. The van der Waals surface area contributed by atoms with Crippen molar-refractivity contribution in [2.45, 2.75) is 38.7 Å². The second-order valence-electron chi connectivity index (χ2n) is 8.59. The minimum absolute atomic E-state index is 0.101. The fourth-order valence-electron chi connectivity index (χ4n) is 4.28. The number of rotatable bonds is 4. The third-order valence-corrected chi connectivity index (χ3v) is 7.18. The van der Waals surface area contributed by atoms with Crippen molar-refractivity contribution in [3.8, 4) is 5.75 Å². The van der Waals surface area contributed by atoms with Gasteiger partial charge >= 0.3 is 0 Å². The number of fused-ring (bicyclic) bond motifs is 1. The molecule has 0 saturated carbocycles. The van der Waals surface area contributed by atoms with Crippen molar-refractivity contribution in [3.63, 3.8) is 0 Å². The number of likely N-dealkylation sites (tertiary alicyclic amines) is 1. The molecule has 0 spiro atoms. The lowest BCUT2D eigenvalue weighted by Gasteiger charge is -2.27. The van der Waals surface area contributed by atoms with Crippen LogP contribution in [-0.4, -0.2) is 57.1 Å². The molecule has 1 saturated heterocycles. The van der Waals surface area contributed by atoms with Crippen LogP contribution in [0.4, 0.5) is 11.4 Å². The summed E-state index contributed by atoms with van der Waals surface area (Å²) in [6, 6.07) is 12.2. The number of aryl methyl sites for hydroxylation is 1. The number of para-hydroxylation sites is 1. The molecule has 2 aromatic rings. The van der Waals surface area contributed by atoms with Crippen LogP contribution in [0.2, 0.25) is 0 Å². The topological polar surface area (TPSA) is 96.0 Å². The third kappa shape index (κ3) is 5.13. The fourth-order valence-corrected chi connectivity index (χ4v) is 5.21. The molecule has 176 valence electrons. The van der Waals surface area contributed by atoms with Crippen molar-refractivity contribution >= 4 is 33.2 Å². The van der Waals surface area contributed by atoms with Crippen molar-refractivity contribution in [2.75, 3.05) is 35.5 Å². The summed E-state index contributed by atoms with van der Waals surface area (Å²) in [4.78, 5) is 28.0. The van der Waals surface area contributed by atoms with Crippen LogP contribution >= 0.6 is 0 Å². The molecule has 1 fully saturated rings. The van der Waals surface area contributed by atoms with E-state index in [1.54, 1.807) is 36.4 Å². The van der Waals surface area contributed by atoms with Crippen LogP contribution in [0.15, 0.2) is 42.5 Å². The van der Waals surface area contributed by atoms with Crippen molar-refractivity contribution < 1.29 is 22.7 Å². The van der Waals surface area contributed by atoms with Gasteiger partial charge in [0.25, 0.3) is 11.8 Å². The number of amides is 2. The van der Waals surface area contributed by atoms with Crippen molar-refractivity contribution in [3.05, 3.63) is 53.6 Å². The zero-order chi connectivity index (χ0) is 23.6. The maximum atomic E-state index is 13.2. The monoisotopic (exact) mass is 471 g/mol. The van der Waals surface area contributed by atoms with E-state index in [4.69, 9.17) is 4.74 Å². The molecule has 0 bridgehead atoms. The van der Waals surface area contributed by atoms with Crippen LogP contribution in [0.25, 0.3) is 0 Å². The molecule has 1 unspecified atom stereocenters. The Bertz CT molecular complexity index is 1160. The molecule has 2 aromatic carbocycles. The van der Waals surface area contributed by atoms with Gasteiger partial charge in [0.15, 0.2) is 6.10 Å². The molecular formula is C24H29N3O5S. The smallest absolute Gasteiger partial charge is 0.265 e. The molecular weight excluding hydrogens is 442 g/mol. The number of hydrogen-bond acceptors (Lipinski definition) is 5. The molecule has 2 aliphatic rings. The van der Waals surface area contributed by atoms with Crippen molar-refractivity contribution in [2.24, 2.45) is 0 Å². The summed E-state index contributed by atoms with van der Waals surface area (Å²) in [6.45, 7) is 3.41. The van der Waals surface area contributed by atoms with Crippen molar-refractivity contribution in [1.82, 2.24) is 4.90 Å². The van der Waals surface area contributed by atoms with E-state index in [0.717, 1.165) is 31.1 Å². The number of piperidine rings is 1. The minimum Gasteiger partial charge on any atom is -0.478 e. The van der Waals surface area contributed by atoms with E-state index in [-0.39, 0.29) is 18.9 Å². The van der Waals surface area contributed by atoms with E-state index in [0.29, 0.717) is 35.8 Å². The lowest BCUT2D eigenvalue weighted by Crippen LogP contribution is -2.38. The zero-order valence-corrected chi connectivity index (χ0v) is 19.7. The number of ether oxygens (including phenoxy) is 1. The number of benzene rings is 2. The number of sulfonamides is 1. The number of nitrogens with zero attached hydrogens (tertiary/aromatic N) is 2. The normalized spacial score (nSPS) is 18.7. The minimum atomic E-state index is -3.55. The summed E-state index contributed by atoms with van der Waals surface area (Å²) < 4.78 is 32.0. The Kier molecular flexibility index (Phi) is 6.60. The molecule has 9 heteroatoms. The summed E-state index contributed by atoms with van der Waals surface area (Å²) in [5, 5.41) is 2.84. The molecule has 33 heavy (non-hydrogen) atoms. The molecule has 2 heterocycles. The Morgan fingerprint density at radius 2 is 1.76 bits per heavy atom. The first-order valence-electron chi connectivity index (χ1n) is 11.2. The molecule has 2 amide bonds. The molecule has 2 aliphatic heterocycles. The van der Waals surface area contributed by atoms with E-state index >= 15 is 0 Å². The summed E-state index contributed by atoms with van der Waals surface area (Å²) in [6.07, 6.45) is 3.48. The second kappa shape index (κ2) is 9.43. The molecule has 0 aromatic heterocycles. The van der Waals surface area contributed by atoms with Gasteiger partial charge in [0, 0.05) is 26.1 Å². The average molecular weight is 472 g/mol. The number of hydrogen-bond donors (Lipinski definition) is 1. The molecule has 0 aliphatic carbocycles. The second-order valence-corrected chi connectivity index (χ2v) is 10.5. The van der Waals surface area contributed by atoms with Gasteiger partial charge in [-0.05, 0) is 56.0 Å². The van der Waals surface area contributed by atoms with Crippen LogP contribution < -0.4 is 14.4 Å². The Morgan fingerprint density at radius 1 is 1.03 bits per heavy atom. The summed E-state index contributed by atoms with van der Waals surface area (Å²) in [5.74, 6) is -0.186. The Morgan fingerprint density at radius 3 is 2.48 bits per heavy atom. The van der Waals surface area contributed by atoms with Gasteiger partial charge in [-0.1, -0.05) is 18.2 Å². The van der Waals surface area contributed by atoms with Gasteiger partial charge in [-0.2, -0.15) is 0 Å². The van der Waals surface area contributed by atoms with E-state index in [1.165, 1.54) is 4.31 Å². The van der Waals surface area contributed by atoms with Gasteiger partial charge in [0.2, 0.25) is 10.0 Å². The van der Waals surface area contributed by atoms with Crippen LogP contribution in [0.1, 0.15) is 41.6 Å². The highest BCUT2D eigenvalue weighted by Crippen LogP contribution is 2.35. The largest absolute Gasteiger partial charge is 0.478 e. The maximum absolute atomic E-state index is 13.2. The van der Waals surface area contributed by atoms with Gasteiger partial charge < -0.3 is 15.0 Å². The first kappa shape index (κ1) is 23.1. The van der Waals surface area contributed by atoms with Gasteiger partial charge in [0.05, 0.1) is 23.2 Å². The maximum Gasteiger partial charge on any atom is 0.265 e. The quantitative estimate of drug-likeness (QED) is 0.739. The first-order valence-corrected chi connectivity index (χ1v) is 13.0.